The molecule has 11 heteroatoms. The lowest BCUT2D eigenvalue weighted by atomic mass is 9.94. The van der Waals surface area contributed by atoms with Crippen molar-refractivity contribution in [2.45, 2.75) is 38.1 Å². The lowest BCUT2D eigenvalue weighted by Gasteiger charge is -2.30. The number of carbonyl (C=O) groups is 2. The molecule has 2 aliphatic heterocycles. The van der Waals surface area contributed by atoms with Gasteiger partial charge in [-0.15, -0.1) is 0 Å². The predicted molar refractivity (Wildman–Crippen MR) is 105 cm³/mol. The molecular weight excluding hydrogens is 436 g/mol. The van der Waals surface area contributed by atoms with Crippen molar-refractivity contribution in [1.82, 2.24) is 14.5 Å². The number of carbonyl (C=O) groups excluding carboxylic acids is 2. The van der Waals surface area contributed by atoms with Gasteiger partial charge in [0, 0.05) is 54.5 Å². The lowest BCUT2D eigenvalue weighted by molar-refractivity contribution is -0.134. The summed E-state index contributed by atoms with van der Waals surface area (Å²) in [6, 6.07) is 0.182. The highest BCUT2D eigenvalue weighted by atomic mass is 32.1. The summed E-state index contributed by atoms with van der Waals surface area (Å²) in [5.41, 5.74) is 5.75. The van der Waals surface area contributed by atoms with Gasteiger partial charge in [-0.2, -0.15) is 0 Å². The zero-order valence-electron chi connectivity index (χ0n) is 16.4. The first-order valence-electron chi connectivity index (χ1n) is 9.87. The number of imidazole rings is 1. The van der Waals surface area contributed by atoms with Crippen LogP contribution in [0, 0.1) is 34.0 Å². The van der Waals surface area contributed by atoms with E-state index in [4.69, 9.17) is 18.0 Å². The highest BCUT2D eigenvalue weighted by Gasteiger charge is 2.34. The van der Waals surface area contributed by atoms with Crippen molar-refractivity contribution in [3.63, 3.8) is 0 Å². The number of aromatic nitrogens is 2. The monoisotopic (exact) mass is 456 g/mol. The largest absolute Gasteiger partial charge is 0.369 e. The predicted octanol–water partition coefficient (Wildman–Crippen LogP) is 2.71. The Labute approximate surface area is 180 Å². The molecule has 3 heterocycles. The maximum absolute atomic E-state index is 14.2. The Morgan fingerprint density at radius 1 is 1.13 bits per heavy atom. The molecule has 31 heavy (non-hydrogen) atoms. The second kappa shape index (κ2) is 8.10. The van der Waals surface area contributed by atoms with Gasteiger partial charge in [0.25, 0.3) is 0 Å². The molecule has 166 valence electrons. The molecule has 1 aromatic carbocycles. The molecule has 0 saturated carbocycles. The van der Waals surface area contributed by atoms with E-state index in [2.05, 4.69) is 4.98 Å². The zero-order valence-corrected chi connectivity index (χ0v) is 17.2. The molecule has 3 N–H and O–H groups in total. The van der Waals surface area contributed by atoms with Crippen molar-refractivity contribution in [1.29, 1.82) is 0 Å². The molecule has 1 saturated heterocycles. The number of piperidine rings is 1. The van der Waals surface area contributed by atoms with Crippen LogP contribution in [0.1, 0.15) is 35.7 Å². The van der Waals surface area contributed by atoms with E-state index in [1.54, 1.807) is 9.47 Å². The highest BCUT2D eigenvalue weighted by Crippen LogP contribution is 2.36. The molecule has 0 aliphatic carbocycles. The van der Waals surface area contributed by atoms with Gasteiger partial charge < -0.3 is 20.2 Å². The van der Waals surface area contributed by atoms with Gasteiger partial charge in [-0.05, 0) is 31.5 Å². The Hall–Kier alpha value is -2.69. The fourth-order valence-corrected chi connectivity index (χ4v) is 4.77. The number of hydrogen-bond donors (Lipinski definition) is 2. The molecule has 0 bridgehead atoms. The van der Waals surface area contributed by atoms with Gasteiger partial charge in [0.2, 0.25) is 11.8 Å². The molecule has 4 rings (SSSR count). The molecular formula is C20H20F4N4O2S. The molecule has 1 fully saturated rings. The minimum atomic E-state index is -1.45. The van der Waals surface area contributed by atoms with Crippen molar-refractivity contribution >= 4 is 24.0 Å². The van der Waals surface area contributed by atoms with Gasteiger partial charge in [-0.3, -0.25) is 9.59 Å². The molecule has 2 amide bonds. The second-order valence-electron chi connectivity index (χ2n) is 7.98. The van der Waals surface area contributed by atoms with Crippen LogP contribution in [0.15, 0.2) is 6.07 Å². The number of hydrogen-bond acceptors (Lipinski definition) is 3. The SMILES string of the molecule is NC(=O)C1CCN(C(=O)Cc2[nH]c(=S)n3c2CC(c2c(F)c(F)cc(F)c2F)C3)CC1. The van der Waals surface area contributed by atoms with Gasteiger partial charge in [0.1, 0.15) is 0 Å². The van der Waals surface area contributed by atoms with Crippen molar-refractivity contribution in [2.75, 3.05) is 13.1 Å². The van der Waals surface area contributed by atoms with Crippen molar-refractivity contribution in [3.05, 3.63) is 51.1 Å². The third-order valence-corrected chi connectivity index (χ3v) is 6.47. The van der Waals surface area contributed by atoms with Crippen LogP contribution >= 0.6 is 12.2 Å². The standard InChI is InChI=1S/C20H20F4N4O2S/c21-11-6-12(22)18(24)16(17(11)23)10-5-14-13(26-20(31)28(14)8-10)7-15(29)27-3-1-9(2-4-27)19(25)30/h6,9-10H,1-5,7-8H2,(H2,25,30)(H,26,31). The van der Waals surface area contributed by atoms with Crippen molar-refractivity contribution < 1.29 is 27.2 Å². The summed E-state index contributed by atoms with van der Waals surface area (Å²) in [7, 11) is 0. The average molecular weight is 456 g/mol. The molecule has 0 spiro atoms. The second-order valence-corrected chi connectivity index (χ2v) is 8.37. The van der Waals surface area contributed by atoms with Crippen molar-refractivity contribution in [3.8, 4) is 0 Å². The van der Waals surface area contributed by atoms with Gasteiger partial charge in [0.15, 0.2) is 28.0 Å². The number of nitrogens with one attached hydrogen (secondary N) is 1. The number of benzene rings is 1. The van der Waals surface area contributed by atoms with E-state index in [1.807, 2.05) is 0 Å². The van der Waals surface area contributed by atoms with E-state index < -0.39 is 34.8 Å². The number of H-pyrrole nitrogens is 1. The summed E-state index contributed by atoms with van der Waals surface area (Å²) in [4.78, 5) is 28.6. The summed E-state index contributed by atoms with van der Waals surface area (Å²) in [6.07, 6.45) is 1.06. The number of rotatable bonds is 4. The number of likely N-dealkylation sites (tertiary alicyclic amines) is 1. The number of fused-ring (bicyclic) bond motifs is 1. The molecule has 0 radical (unpaired) electrons. The normalized spacial score (nSPS) is 19.0. The Morgan fingerprint density at radius 2 is 1.74 bits per heavy atom. The average Bonchev–Trinajstić information content (AvgIpc) is 3.28. The fourth-order valence-electron chi connectivity index (χ4n) is 4.47. The van der Waals surface area contributed by atoms with Crippen LogP contribution in [0.25, 0.3) is 0 Å². The van der Waals surface area contributed by atoms with Crippen LogP contribution in [-0.4, -0.2) is 39.4 Å². The summed E-state index contributed by atoms with van der Waals surface area (Å²) in [5, 5.41) is 0. The maximum Gasteiger partial charge on any atom is 0.228 e. The maximum atomic E-state index is 14.2. The highest BCUT2D eigenvalue weighted by molar-refractivity contribution is 7.71. The number of aromatic amines is 1. The zero-order chi connectivity index (χ0) is 22.4. The summed E-state index contributed by atoms with van der Waals surface area (Å²) >= 11 is 5.27. The Morgan fingerprint density at radius 3 is 2.32 bits per heavy atom. The molecule has 2 aliphatic rings. The van der Waals surface area contributed by atoms with Gasteiger partial charge in [-0.1, -0.05) is 0 Å². The Bertz CT molecular complexity index is 1100. The van der Waals surface area contributed by atoms with Crippen LogP contribution in [0.3, 0.4) is 0 Å². The number of primary amides is 1. The number of amides is 2. The van der Waals surface area contributed by atoms with Crippen molar-refractivity contribution in [2.24, 2.45) is 11.7 Å². The molecule has 1 atom stereocenters. The first kappa shape index (κ1) is 21.5. The summed E-state index contributed by atoms with van der Waals surface area (Å²) in [5.74, 6) is -7.39. The van der Waals surface area contributed by atoms with E-state index in [1.165, 1.54) is 0 Å². The topological polar surface area (TPSA) is 84.1 Å². The van der Waals surface area contributed by atoms with Crippen LogP contribution < -0.4 is 5.73 Å². The third-order valence-electron chi connectivity index (χ3n) is 6.15. The van der Waals surface area contributed by atoms with Crippen LogP contribution in [-0.2, 0) is 29.0 Å². The van der Waals surface area contributed by atoms with E-state index >= 15 is 0 Å². The first-order valence-corrected chi connectivity index (χ1v) is 10.3. The van der Waals surface area contributed by atoms with E-state index in [-0.39, 0.29) is 48.0 Å². The fraction of sp³-hybridized carbons (Fsp3) is 0.450. The quantitative estimate of drug-likeness (QED) is 0.422. The minimum Gasteiger partial charge on any atom is -0.369 e. The molecule has 1 aromatic heterocycles. The Balaban J connectivity index is 1.53. The molecule has 6 nitrogen and oxygen atoms in total. The van der Waals surface area contributed by atoms with E-state index in [0.717, 1.165) is 0 Å². The number of nitrogens with two attached hydrogens (primary N) is 1. The molecule has 2 aromatic rings. The number of halogens is 4. The first-order chi connectivity index (χ1) is 14.7. The van der Waals surface area contributed by atoms with Gasteiger partial charge in [0.05, 0.1) is 6.42 Å². The van der Waals surface area contributed by atoms with E-state index in [0.29, 0.717) is 37.3 Å². The lowest BCUT2D eigenvalue weighted by Crippen LogP contribution is -2.42. The van der Waals surface area contributed by atoms with Crippen LogP contribution in [0.2, 0.25) is 0 Å². The van der Waals surface area contributed by atoms with Crippen LogP contribution in [0.4, 0.5) is 17.6 Å². The summed E-state index contributed by atoms with van der Waals surface area (Å²) in [6.45, 7) is 0.856. The number of nitrogens with zero attached hydrogens (tertiary/aromatic N) is 2. The van der Waals surface area contributed by atoms with Crippen LogP contribution in [0.5, 0.6) is 0 Å². The van der Waals surface area contributed by atoms with Gasteiger partial charge in [-0.25, -0.2) is 17.6 Å². The smallest absolute Gasteiger partial charge is 0.228 e. The van der Waals surface area contributed by atoms with Gasteiger partial charge >= 0.3 is 0 Å². The third kappa shape index (κ3) is 3.86. The summed E-state index contributed by atoms with van der Waals surface area (Å²) < 4.78 is 57.7. The Kier molecular flexibility index (Phi) is 5.63. The minimum absolute atomic E-state index is 0.0115. The molecule has 1 unspecified atom stereocenters. The van der Waals surface area contributed by atoms with E-state index in [9.17, 15) is 27.2 Å².